The van der Waals surface area contributed by atoms with Crippen LogP contribution in [0, 0.1) is 0 Å². The van der Waals surface area contributed by atoms with Gasteiger partial charge in [0.2, 0.25) is 10.0 Å². The van der Waals surface area contributed by atoms with Gasteiger partial charge in [0, 0.05) is 18.8 Å². The Morgan fingerprint density at radius 2 is 1.63 bits per heavy atom. The number of piperidine rings is 1. The van der Waals surface area contributed by atoms with Gasteiger partial charge < -0.3 is 10.1 Å². The van der Waals surface area contributed by atoms with Crippen LogP contribution in [0.1, 0.15) is 29.6 Å². The number of nitrogens with one attached hydrogen (secondary N) is 1. The van der Waals surface area contributed by atoms with Crippen LogP contribution in [0.25, 0.3) is 0 Å². The molecule has 2 heterocycles. The average Bonchev–Trinajstić information content (AvgIpc) is 2.72. The van der Waals surface area contributed by atoms with Gasteiger partial charge in [0.15, 0.2) is 6.61 Å². The first-order chi connectivity index (χ1) is 14.3. The average molecular weight is 472 g/mol. The smallest absolute Gasteiger partial charge is 0.338 e. The van der Waals surface area contributed by atoms with Crippen molar-refractivity contribution in [2.75, 3.05) is 25.0 Å². The monoisotopic (exact) mass is 471 g/mol. The molecule has 1 aliphatic heterocycles. The topological polar surface area (TPSA) is 106 Å². The second kappa shape index (κ2) is 9.74. The number of sulfonamides is 1. The van der Waals surface area contributed by atoms with Gasteiger partial charge in [-0.15, -0.1) is 0 Å². The second-order valence-electron chi connectivity index (χ2n) is 6.61. The van der Waals surface area contributed by atoms with Gasteiger partial charge in [-0.1, -0.05) is 29.6 Å². The number of nitrogens with zero attached hydrogens (tertiary/aromatic N) is 2. The lowest BCUT2D eigenvalue weighted by Gasteiger charge is -2.25. The van der Waals surface area contributed by atoms with Crippen LogP contribution in [0.15, 0.2) is 41.3 Å². The highest BCUT2D eigenvalue weighted by Crippen LogP contribution is 2.22. The van der Waals surface area contributed by atoms with Crippen LogP contribution in [0.3, 0.4) is 0 Å². The maximum absolute atomic E-state index is 12.6. The summed E-state index contributed by atoms with van der Waals surface area (Å²) >= 11 is 11.5. The van der Waals surface area contributed by atoms with Crippen molar-refractivity contribution in [2.24, 2.45) is 0 Å². The Morgan fingerprint density at radius 1 is 1.03 bits per heavy atom. The summed E-state index contributed by atoms with van der Waals surface area (Å²) in [5.41, 5.74) is 0.448. The number of amides is 1. The molecule has 1 aromatic heterocycles. The van der Waals surface area contributed by atoms with Gasteiger partial charge in [-0.25, -0.2) is 18.2 Å². The highest BCUT2D eigenvalue weighted by Gasteiger charge is 2.25. The molecule has 3 rings (SSSR count). The summed E-state index contributed by atoms with van der Waals surface area (Å²) in [6, 6.07) is 8.39. The van der Waals surface area contributed by atoms with E-state index in [9.17, 15) is 18.0 Å². The number of hydrogen-bond donors (Lipinski definition) is 1. The first kappa shape index (κ1) is 22.5. The number of hydrogen-bond acceptors (Lipinski definition) is 6. The number of rotatable bonds is 6. The molecule has 1 amide bonds. The summed E-state index contributed by atoms with van der Waals surface area (Å²) in [6.45, 7) is 0.490. The van der Waals surface area contributed by atoms with Crippen molar-refractivity contribution >= 4 is 50.8 Å². The van der Waals surface area contributed by atoms with Gasteiger partial charge in [-0.3, -0.25) is 4.79 Å². The fraction of sp³-hybridized carbons (Fsp3) is 0.316. The third kappa shape index (κ3) is 5.69. The molecule has 8 nitrogen and oxygen atoms in total. The van der Waals surface area contributed by atoms with Gasteiger partial charge in [-0.2, -0.15) is 4.31 Å². The molecule has 1 aliphatic rings. The second-order valence-corrected chi connectivity index (χ2v) is 9.33. The number of benzene rings is 1. The predicted octanol–water partition coefficient (Wildman–Crippen LogP) is 3.36. The zero-order valence-electron chi connectivity index (χ0n) is 15.8. The van der Waals surface area contributed by atoms with E-state index in [2.05, 4.69) is 10.3 Å². The molecule has 160 valence electrons. The van der Waals surface area contributed by atoms with Gasteiger partial charge in [-0.05, 0) is 49.2 Å². The Labute approximate surface area is 184 Å². The van der Waals surface area contributed by atoms with Crippen molar-refractivity contribution in [3.63, 3.8) is 0 Å². The Hall–Kier alpha value is -2.20. The zero-order chi connectivity index (χ0) is 21.7. The molecule has 1 N–H and O–H groups in total. The molecule has 2 aromatic rings. The molecule has 0 spiro atoms. The largest absolute Gasteiger partial charge is 0.452 e. The molecule has 0 radical (unpaired) electrons. The van der Waals surface area contributed by atoms with Crippen molar-refractivity contribution in [3.05, 3.63) is 52.3 Å². The van der Waals surface area contributed by atoms with E-state index in [4.69, 9.17) is 27.9 Å². The molecular formula is C19H19Cl2N3O5S. The molecule has 11 heteroatoms. The standard InChI is InChI=1S/C19H19Cl2N3O5S/c20-16-10-13(11-17(21)23-16)19(26)29-12-18(25)22-14-4-6-15(7-5-14)30(27,28)24-8-2-1-3-9-24/h4-7,10-11H,1-3,8-9,12H2,(H,22,25). The minimum Gasteiger partial charge on any atom is -0.452 e. The maximum Gasteiger partial charge on any atom is 0.338 e. The highest BCUT2D eigenvalue weighted by atomic mass is 35.5. The van der Waals surface area contributed by atoms with Gasteiger partial charge in [0.1, 0.15) is 10.3 Å². The summed E-state index contributed by atoms with van der Waals surface area (Å²) in [4.78, 5) is 27.9. The van der Waals surface area contributed by atoms with E-state index in [1.165, 1.54) is 40.7 Å². The lowest BCUT2D eigenvalue weighted by Crippen LogP contribution is -2.35. The predicted molar refractivity (Wildman–Crippen MR) is 112 cm³/mol. The first-order valence-corrected chi connectivity index (χ1v) is 11.4. The van der Waals surface area contributed by atoms with Crippen molar-refractivity contribution in [1.82, 2.24) is 9.29 Å². The summed E-state index contributed by atoms with van der Waals surface area (Å²) in [7, 11) is -3.54. The van der Waals surface area contributed by atoms with Crippen LogP contribution in [0.5, 0.6) is 0 Å². The molecule has 1 saturated heterocycles. The van der Waals surface area contributed by atoms with Crippen LogP contribution in [0.2, 0.25) is 10.3 Å². The Bertz CT molecular complexity index is 1020. The number of aromatic nitrogens is 1. The van der Waals surface area contributed by atoms with E-state index >= 15 is 0 Å². The van der Waals surface area contributed by atoms with E-state index in [-0.39, 0.29) is 20.8 Å². The number of esters is 1. The van der Waals surface area contributed by atoms with E-state index < -0.39 is 28.5 Å². The Balaban J connectivity index is 1.56. The molecule has 1 aromatic carbocycles. The fourth-order valence-electron chi connectivity index (χ4n) is 2.96. The van der Waals surface area contributed by atoms with E-state index in [1.807, 2.05) is 0 Å². The van der Waals surface area contributed by atoms with Crippen molar-refractivity contribution in [2.45, 2.75) is 24.2 Å². The number of carbonyl (C=O) groups is 2. The molecule has 0 atom stereocenters. The van der Waals surface area contributed by atoms with Crippen molar-refractivity contribution in [1.29, 1.82) is 0 Å². The molecule has 0 aliphatic carbocycles. The van der Waals surface area contributed by atoms with Crippen LogP contribution in [-0.4, -0.2) is 49.3 Å². The van der Waals surface area contributed by atoms with Gasteiger partial charge >= 0.3 is 5.97 Å². The normalized spacial score (nSPS) is 14.9. The van der Waals surface area contributed by atoms with Gasteiger partial charge in [0.25, 0.3) is 5.91 Å². The summed E-state index contributed by atoms with van der Waals surface area (Å²) in [5, 5.41) is 2.59. The Morgan fingerprint density at radius 3 is 2.23 bits per heavy atom. The quantitative estimate of drug-likeness (QED) is 0.511. The number of anilines is 1. The highest BCUT2D eigenvalue weighted by molar-refractivity contribution is 7.89. The Kier molecular flexibility index (Phi) is 7.30. The van der Waals surface area contributed by atoms with Crippen LogP contribution in [-0.2, 0) is 19.6 Å². The van der Waals surface area contributed by atoms with Crippen LogP contribution in [0.4, 0.5) is 5.69 Å². The molecule has 0 saturated carbocycles. The first-order valence-electron chi connectivity index (χ1n) is 9.16. The number of pyridine rings is 1. The fourth-order valence-corrected chi connectivity index (χ4v) is 4.94. The third-order valence-electron chi connectivity index (χ3n) is 4.42. The summed E-state index contributed by atoms with van der Waals surface area (Å²) in [6.07, 6.45) is 2.73. The third-order valence-corrected chi connectivity index (χ3v) is 6.72. The number of ether oxygens (including phenoxy) is 1. The SMILES string of the molecule is O=C(COC(=O)c1cc(Cl)nc(Cl)c1)Nc1ccc(S(=O)(=O)N2CCCCC2)cc1. The molecule has 0 bridgehead atoms. The van der Waals surface area contributed by atoms with E-state index in [1.54, 1.807) is 0 Å². The number of carbonyl (C=O) groups excluding carboxylic acids is 2. The van der Waals surface area contributed by atoms with Gasteiger partial charge in [0.05, 0.1) is 10.5 Å². The molecular weight excluding hydrogens is 453 g/mol. The zero-order valence-corrected chi connectivity index (χ0v) is 18.1. The minimum absolute atomic E-state index is 0.0264. The molecule has 0 unspecified atom stereocenters. The number of halogens is 2. The van der Waals surface area contributed by atoms with E-state index in [0.717, 1.165) is 19.3 Å². The molecule has 30 heavy (non-hydrogen) atoms. The summed E-state index contributed by atoms with van der Waals surface area (Å²) < 4.78 is 31.7. The van der Waals surface area contributed by atoms with Crippen molar-refractivity contribution < 1.29 is 22.7 Å². The van der Waals surface area contributed by atoms with Crippen molar-refractivity contribution in [3.8, 4) is 0 Å². The summed E-state index contributed by atoms with van der Waals surface area (Å²) in [5.74, 6) is -1.36. The maximum atomic E-state index is 12.6. The van der Waals surface area contributed by atoms with Crippen LogP contribution < -0.4 is 5.32 Å². The molecule has 1 fully saturated rings. The van der Waals surface area contributed by atoms with E-state index in [0.29, 0.717) is 18.8 Å². The lowest BCUT2D eigenvalue weighted by molar-refractivity contribution is -0.119. The van der Waals surface area contributed by atoms with Crippen LogP contribution >= 0.6 is 23.2 Å². The lowest BCUT2D eigenvalue weighted by atomic mass is 10.2. The minimum atomic E-state index is -3.54.